The van der Waals surface area contributed by atoms with Crippen LogP contribution in [0.1, 0.15) is 30.0 Å². The Morgan fingerprint density at radius 2 is 1.90 bits per heavy atom. The van der Waals surface area contributed by atoms with E-state index in [0.717, 1.165) is 24.8 Å². The summed E-state index contributed by atoms with van der Waals surface area (Å²) in [5, 5.41) is 21.6. The van der Waals surface area contributed by atoms with Gasteiger partial charge in [-0.3, -0.25) is 0 Å². The Kier molecular flexibility index (Phi) is 3.43. The van der Waals surface area contributed by atoms with Crippen LogP contribution in [-0.4, -0.2) is 21.0 Å². The number of carbonyl (C=O) groups excluding carboxylic acids is 1. The molecule has 2 aromatic rings. The quantitative estimate of drug-likeness (QED) is 0.790. The van der Waals surface area contributed by atoms with Gasteiger partial charge in [-0.2, -0.15) is 0 Å². The van der Waals surface area contributed by atoms with Crippen LogP contribution in [0, 0.1) is 0 Å². The smallest absolute Gasteiger partial charge is 0.432 e. The molecule has 6 heteroatoms. The van der Waals surface area contributed by atoms with E-state index >= 15 is 0 Å². The van der Waals surface area contributed by atoms with Crippen LogP contribution in [0.25, 0.3) is 0 Å². The van der Waals surface area contributed by atoms with E-state index in [4.69, 9.17) is 4.84 Å². The Morgan fingerprint density at radius 3 is 2.67 bits per heavy atom. The first-order chi connectivity index (χ1) is 10.1. The van der Waals surface area contributed by atoms with Crippen LogP contribution in [0.4, 0.5) is 4.79 Å². The third-order valence-electron chi connectivity index (χ3n) is 3.63. The SMILES string of the molecule is O=C(NC1CCCc2ccccc21)On1c(O)ccc1O. The first kappa shape index (κ1) is 13.4. The zero-order valence-electron chi connectivity index (χ0n) is 11.3. The fourth-order valence-corrected chi connectivity index (χ4v) is 2.65. The lowest BCUT2D eigenvalue weighted by Gasteiger charge is -2.25. The van der Waals surface area contributed by atoms with Crippen LogP contribution < -0.4 is 10.2 Å². The Hall–Kier alpha value is -2.63. The van der Waals surface area contributed by atoms with E-state index < -0.39 is 6.09 Å². The molecule has 1 aliphatic carbocycles. The van der Waals surface area contributed by atoms with Crippen LogP contribution >= 0.6 is 0 Å². The van der Waals surface area contributed by atoms with Gasteiger partial charge in [-0.25, -0.2) is 4.79 Å². The molecule has 110 valence electrons. The lowest BCUT2D eigenvalue weighted by molar-refractivity contribution is 0.104. The maximum absolute atomic E-state index is 11.9. The summed E-state index contributed by atoms with van der Waals surface area (Å²) in [7, 11) is 0. The molecule has 1 aromatic carbocycles. The maximum atomic E-state index is 11.9. The minimum absolute atomic E-state index is 0.123. The molecule has 6 nitrogen and oxygen atoms in total. The molecule has 0 saturated heterocycles. The standard InChI is InChI=1S/C15H16N2O4/c18-13-8-9-14(19)17(13)21-15(20)16-12-7-3-5-10-4-1-2-6-11(10)12/h1-2,4,6,8-9,12,18-19H,3,5,7H2,(H,16,20). The Bertz CT molecular complexity index is 646. The fourth-order valence-electron chi connectivity index (χ4n) is 2.65. The number of amides is 1. The second-order valence-corrected chi connectivity index (χ2v) is 5.01. The molecule has 1 heterocycles. The number of aryl methyl sites for hydroxylation is 1. The summed E-state index contributed by atoms with van der Waals surface area (Å²) in [5.74, 6) is -0.682. The van der Waals surface area contributed by atoms with Crippen LogP contribution in [-0.2, 0) is 6.42 Å². The summed E-state index contributed by atoms with van der Waals surface area (Å²) in [6.07, 6.45) is 2.10. The van der Waals surface area contributed by atoms with Crippen molar-refractivity contribution < 1.29 is 19.8 Å². The highest BCUT2D eigenvalue weighted by molar-refractivity contribution is 5.68. The van der Waals surface area contributed by atoms with Crippen molar-refractivity contribution in [1.29, 1.82) is 0 Å². The molecule has 3 N–H and O–H groups in total. The number of aromatic nitrogens is 1. The third kappa shape index (κ3) is 2.65. The molecule has 1 aromatic heterocycles. The predicted molar refractivity (Wildman–Crippen MR) is 75.0 cm³/mol. The number of rotatable bonds is 2. The molecule has 1 amide bonds. The normalized spacial score (nSPS) is 17.0. The number of hydrogen-bond donors (Lipinski definition) is 3. The summed E-state index contributed by atoms with van der Waals surface area (Å²) < 4.78 is 0.671. The van der Waals surface area contributed by atoms with Gasteiger partial charge in [0.05, 0.1) is 6.04 Å². The van der Waals surface area contributed by atoms with Crippen molar-refractivity contribution in [3.8, 4) is 11.8 Å². The van der Waals surface area contributed by atoms with Crippen molar-refractivity contribution >= 4 is 6.09 Å². The summed E-state index contributed by atoms with van der Waals surface area (Å²) in [5.41, 5.74) is 2.31. The van der Waals surface area contributed by atoms with E-state index in [1.807, 2.05) is 18.2 Å². The molecule has 1 aliphatic rings. The highest BCUT2D eigenvalue weighted by Gasteiger charge is 2.23. The van der Waals surface area contributed by atoms with E-state index in [2.05, 4.69) is 11.4 Å². The van der Waals surface area contributed by atoms with Crippen molar-refractivity contribution in [2.24, 2.45) is 0 Å². The summed E-state index contributed by atoms with van der Waals surface area (Å²) >= 11 is 0. The number of fused-ring (bicyclic) bond motifs is 1. The third-order valence-corrected chi connectivity index (χ3v) is 3.63. The molecule has 21 heavy (non-hydrogen) atoms. The fraction of sp³-hybridized carbons (Fsp3) is 0.267. The Balaban J connectivity index is 1.72. The molecule has 0 aliphatic heterocycles. The summed E-state index contributed by atoms with van der Waals surface area (Å²) in [4.78, 5) is 16.8. The molecule has 1 atom stereocenters. The van der Waals surface area contributed by atoms with Gasteiger partial charge in [0.15, 0.2) is 0 Å². The zero-order chi connectivity index (χ0) is 14.8. The second-order valence-electron chi connectivity index (χ2n) is 5.01. The zero-order valence-corrected chi connectivity index (χ0v) is 11.3. The van der Waals surface area contributed by atoms with Gasteiger partial charge < -0.3 is 20.4 Å². The van der Waals surface area contributed by atoms with Crippen molar-refractivity contribution in [3.05, 3.63) is 47.5 Å². The predicted octanol–water partition coefficient (Wildman–Crippen LogP) is 2.12. The lowest BCUT2D eigenvalue weighted by atomic mass is 9.88. The van der Waals surface area contributed by atoms with Crippen molar-refractivity contribution in [2.45, 2.75) is 25.3 Å². The average Bonchev–Trinajstić information content (AvgIpc) is 2.79. The van der Waals surface area contributed by atoms with Crippen molar-refractivity contribution in [1.82, 2.24) is 10.0 Å². The van der Waals surface area contributed by atoms with E-state index in [-0.39, 0.29) is 17.8 Å². The number of aromatic hydroxyl groups is 2. The molecule has 0 spiro atoms. The largest absolute Gasteiger partial charge is 0.492 e. The monoisotopic (exact) mass is 288 g/mol. The van der Waals surface area contributed by atoms with Gasteiger partial charge in [-0.1, -0.05) is 24.3 Å². The van der Waals surface area contributed by atoms with Gasteiger partial charge in [0, 0.05) is 12.1 Å². The first-order valence-electron chi connectivity index (χ1n) is 6.81. The van der Waals surface area contributed by atoms with Gasteiger partial charge in [0.2, 0.25) is 11.8 Å². The van der Waals surface area contributed by atoms with Crippen LogP contribution in [0.3, 0.4) is 0 Å². The van der Waals surface area contributed by atoms with E-state index in [0.29, 0.717) is 4.73 Å². The number of benzene rings is 1. The Labute approximate surface area is 121 Å². The number of nitrogens with one attached hydrogen (secondary N) is 1. The minimum Gasteiger partial charge on any atom is -0.492 e. The molecule has 0 saturated carbocycles. The molecule has 0 bridgehead atoms. The first-order valence-corrected chi connectivity index (χ1v) is 6.81. The van der Waals surface area contributed by atoms with Gasteiger partial charge in [-0.15, -0.1) is 4.73 Å². The maximum Gasteiger partial charge on any atom is 0.432 e. The molecule has 0 fully saturated rings. The van der Waals surface area contributed by atoms with Crippen LogP contribution in [0.15, 0.2) is 36.4 Å². The number of hydrogen-bond acceptors (Lipinski definition) is 4. The van der Waals surface area contributed by atoms with Crippen LogP contribution in [0.2, 0.25) is 0 Å². The van der Waals surface area contributed by atoms with Gasteiger partial charge in [-0.05, 0) is 30.4 Å². The molecular formula is C15H16N2O4. The van der Waals surface area contributed by atoms with E-state index in [1.54, 1.807) is 0 Å². The van der Waals surface area contributed by atoms with Gasteiger partial charge in [0.25, 0.3) is 0 Å². The highest BCUT2D eigenvalue weighted by atomic mass is 16.7. The molecule has 0 radical (unpaired) electrons. The van der Waals surface area contributed by atoms with E-state index in [9.17, 15) is 15.0 Å². The number of carbonyl (C=O) groups is 1. The molecule has 3 rings (SSSR count). The molecular weight excluding hydrogens is 272 g/mol. The summed E-state index contributed by atoms with van der Waals surface area (Å²) in [6.45, 7) is 0. The van der Waals surface area contributed by atoms with Crippen molar-refractivity contribution in [3.63, 3.8) is 0 Å². The topological polar surface area (TPSA) is 83.7 Å². The summed E-state index contributed by atoms with van der Waals surface area (Å²) in [6, 6.07) is 10.3. The average molecular weight is 288 g/mol. The van der Waals surface area contributed by atoms with Crippen LogP contribution in [0.5, 0.6) is 11.8 Å². The lowest BCUT2D eigenvalue weighted by Crippen LogP contribution is -2.36. The van der Waals surface area contributed by atoms with Gasteiger partial charge in [0.1, 0.15) is 0 Å². The van der Waals surface area contributed by atoms with E-state index in [1.165, 1.54) is 17.7 Å². The Morgan fingerprint density at radius 1 is 1.19 bits per heavy atom. The van der Waals surface area contributed by atoms with Crippen molar-refractivity contribution in [2.75, 3.05) is 0 Å². The van der Waals surface area contributed by atoms with Gasteiger partial charge >= 0.3 is 6.09 Å². The molecule has 1 unspecified atom stereocenters. The second kappa shape index (κ2) is 5.40. The highest BCUT2D eigenvalue weighted by Crippen LogP contribution is 2.29. The minimum atomic E-state index is -0.724. The number of nitrogens with zero attached hydrogens (tertiary/aromatic N) is 1.